The number of oxazole rings is 1. The van der Waals surface area contributed by atoms with Gasteiger partial charge < -0.3 is 15.1 Å². The number of halogens is 1. The highest BCUT2D eigenvalue weighted by Gasteiger charge is 2.28. The van der Waals surface area contributed by atoms with Gasteiger partial charge in [-0.25, -0.2) is 9.98 Å². The Morgan fingerprint density at radius 2 is 2.04 bits per heavy atom. The summed E-state index contributed by atoms with van der Waals surface area (Å²) in [6, 6.07) is 11.1. The molecule has 1 aliphatic rings. The molecule has 1 saturated carbocycles. The molecule has 0 amide bonds. The van der Waals surface area contributed by atoms with Crippen LogP contribution in [0.5, 0.6) is 0 Å². The Morgan fingerprint density at radius 1 is 1.30 bits per heavy atom. The summed E-state index contributed by atoms with van der Waals surface area (Å²) >= 11 is 0. The summed E-state index contributed by atoms with van der Waals surface area (Å²) in [7, 11) is 2.20. The zero-order chi connectivity index (χ0) is 18.4. The van der Waals surface area contributed by atoms with E-state index in [0.29, 0.717) is 18.5 Å². The number of nitrogens with one attached hydrogen (secondary N) is 2. The quantitative estimate of drug-likeness (QED) is 0.342. The maximum absolute atomic E-state index is 5.58. The van der Waals surface area contributed by atoms with E-state index in [1.807, 2.05) is 30.3 Å². The second-order valence-electron chi connectivity index (χ2n) is 6.83. The number of nitrogens with zero attached hydrogens (tertiary/aromatic N) is 3. The third kappa shape index (κ3) is 6.49. The smallest absolute Gasteiger partial charge is 0.226 e. The van der Waals surface area contributed by atoms with Crippen LogP contribution in [0.25, 0.3) is 11.5 Å². The molecular weight excluding hydrogens is 453 g/mol. The summed E-state index contributed by atoms with van der Waals surface area (Å²) in [5, 5.41) is 6.72. The van der Waals surface area contributed by atoms with Crippen molar-refractivity contribution in [2.24, 2.45) is 4.99 Å². The summed E-state index contributed by atoms with van der Waals surface area (Å²) < 4.78 is 5.58. The highest BCUT2D eigenvalue weighted by Crippen LogP contribution is 2.26. The van der Waals surface area contributed by atoms with Crippen LogP contribution in [0.1, 0.15) is 32.4 Å². The lowest BCUT2D eigenvalue weighted by Gasteiger charge is -2.25. The first kappa shape index (κ1) is 21.7. The van der Waals surface area contributed by atoms with E-state index >= 15 is 0 Å². The predicted molar refractivity (Wildman–Crippen MR) is 120 cm³/mol. The monoisotopic (exact) mass is 483 g/mol. The van der Waals surface area contributed by atoms with Gasteiger partial charge in [-0.05, 0) is 45.9 Å². The van der Waals surface area contributed by atoms with Gasteiger partial charge in [-0.1, -0.05) is 18.2 Å². The predicted octanol–water partition coefficient (Wildman–Crippen LogP) is 3.50. The lowest BCUT2D eigenvalue weighted by atomic mass is 10.2. The molecule has 1 aromatic carbocycles. The lowest BCUT2D eigenvalue weighted by Crippen LogP contribution is -2.45. The van der Waals surface area contributed by atoms with Gasteiger partial charge in [0.25, 0.3) is 0 Å². The first-order chi connectivity index (χ1) is 12.7. The van der Waals surface area contributed by atoms with Gasteiger partial charge in [0.15, 0.2) is 5.96 Å². The number of hydrogen-bond donors (Lipinski definition) is 2. The van der Waals surface area contributed by atoms with Crippen LogP contribution in [-0.4, -0.2) is 48.1 Å². The average molecular weight is 483 g/mol. The van der Waals surface area contributed by atoms with E-state index in [9.17, 15) is 0 Å². The molecule has 2 N–H and O–H groups in total. The summed E-state index contributed by atoms with van der Waals surface area (Å²) in [5.74, 6) is 1.45. The van der Waals surface area contributed by atoms with Gasteiger partial charge in [0, 0.05) is 30.7 Å². The van der Waals surface area contributed by atoms with Crippen molar-refractivity contribution in [2.45, 2.75) is 45.3 Å². The summed E-state index contributed by atoms with van der Waals surface area (Å²) in [5.41, 5.74) is 1.80. The van der Waals surface area contributed by atoms with E-state index in [1.54, 1.807) is 6.26 Å². The van der Waals surface area contributed by atoms with Crippen LogP contribution in [0.15, 0.2) is 46.0 Å². The number of benzene rings is 1. The minimum absolute atomic E-state index is 0. The zero-order valence-corrected chi connectivity index (χ0v) is 18.6. The lowest BCUT2D eigenvalue weighted by molar-refractivity contribution is 0.247. The fraction of sp³-hybridized carbons (Fsp3) is 0.500. The number of likely N-dealkylation sites (N-methyl/N-ethyl adjacent to an activating group) is 1. The van der Waals surface area contributed by atoms with Gasteiger partial charge in [-0.2, -0.15) is 0 Å². The Labute approximate surface area is 178 Å². The molecule has 0 bridgehead atoms. The normalized spacial score (nSPS) is 15.3. The summed E-state index contributed by atoms with van der Waals surface area (Å²) in [6.07, 6.45) is 4.33. The third-order valence-corrected chi connectivity index (χ3v) is 4.70. The van der Waals surface area contributed by atoms with Gasteiger partial charge in [0.1, 0.15) is 12.0 Å². The highest BCUT2D eigenvalue weighted by molar-refractivity contribution is 14.0. The van der Waals surface area contributed by atoms with Gasteiger partial charge in [0.05, 0.1) is 6.54 Å². The van der Waals surface area contributed by atoms with Crippen molar-refractivity contribution in [2.75, 3.05) is 20.1 Å². The molecular formula is C20H30IN5O. The zero-order valence-electron chi connectivity index (χ0n) is 16.3. The van der Waals surface area contributed by atoms with Crippen molar-refractivity contribution in [1.29, 1.82) is 0 Å². The molecule has 1 aromatic heterocycles. The van der Waals surface area contributed by atoms with Crippen molar-refractivity contribution < 1.29 is 4.42 Å². The molecule has 0 spiro atoms. The molecule has 7 heteroatoms. The van der Waals surface area contributed by atoms with Gasteiger partial charge in [-0.15, -0.1) is 24.0 Å². The number of aliphatic imine (C=N–C) groups is 1. The van der Waals surface area contributed by atoms with Crippen LogP contribution in [0.2, 0.25) is 0 Å². The molecule has 3 rings (SSSR count). The van der Waals surface area contributed by atoms with Crippen LogP contribution in [0.3, 0.4) is 0 Å². The Bertz CT molecular complexity index is 714. The van der Waals surface area contributed by atoms with Gasteiger partial charge >= 0.3 is 0 Å². The van der Waals surface area contributed by atoms with Crippen LogP contribution < -0.4 is 10.6 Å². The first-order valence-electron chi connectivity index (χ1n) is 9.41. The molecule has 1 fully saturated rings. The number of rotatable bonds is 8. The molecule has 0 radical (unpaired) electrons. The molecule has 0 saturated heterocycles. The van der Waals surface area contributed by atoms with E-state index in [4.69, 9.17) is 4.42 Å². The molecule has 6 nitrogen and oxygen atoms in total. The van der Waals surface area contributed by atoms with Crippen LogP contribution in [0.4, 0.5) is 0 Å². The average Bonchev–Trinajstić information content (AvgIpc) is 3.41. The maximum atomic E-state index is 5.58. The molecule has 1 aliphatic carbocycles. The minimum atomic E-state index is 0. The first-order valence-corrected chi connectivity index (χ1v) is 9.41. The molecule has 1 atom stereocenters. The van der Waals surface area contributed by atoms with Crippen LogP contribution >= 0.6 is 24.0 Å². The van der Waals surface area contributed by atoms with Crippen molar-refractivity contribution in [3.05, 3.63) is 42.3 Å². The SMILES string of the molecule is CCNC(=NCc1coc(-c2ccccc2)n1)NCC(C)N(C)C1CC1.I. The molecule has 0 aliphatic heterocycles. The van der Waals surface area contributed by atoms with Crippen molar-refractivity contribution in [3.8, 4) is 11.5 Å². The summed E-state index contributed by atoms with van der Waals surface area (Å²) in [6.45, 7) is 6.50. The molecule has 27 heavy (non-hydrogen) atoms. The highest BCUT2D eigenvalue weighted by atomic mass is 127. The molecule has 2 aromatic rings. The van der Waals surface area contributed by atoms with Crippen molar-refractivity contribution in [3.63, 3.8) is 0 Å². The van der Waals surface area contributed by atoms with E-state index < -0.39 is 0 Å². The topological polar surface area (TPSA) is 65.7 Å². The van der Waals surface area contributed by atoms with E-state index in [2.05, 4.69) is 46.4 Å². The van der Waals surface area contributed by atoms with Crippen molar-refractivity contribution in [1.82, 2.24) is 20.5 Å². The Hall–Kier alpha value is -1.61. The Kier molecular flexibility index (Phi) is 8.56. The van der Waals surface area contributed by atoms with E-state index in [-0.39, 0.29) is 24.0 Å². The number of hydrogen-bond acceptors (Lipinski definition) is 4. The molecule has 1 heterocycles. The standard InChI is InChI=1S/C20H29N5O.HI/c1-4-21-20(22-12-15(2)25(3)18-10-11-18)23-13-17-14-26-19(24-17)16-8-6-5-7-9-16;/h5-9,14-15,18H,4,10-13H2,1-3H3,(H2,21,22,23);1H. The second kappa shape index (κ2) is 10.7. The summed E-state index contributed by atoms with van der Waals surface area (Å²) in [4.78, 5) is 11.6. The van der Waals surface area contributed by atoms with Crippen molar-refractivity contribution >= 4 is 29.9 Å². The molecule has 1 unspecified atom stereocenters. The Balaban J connectivity index is 0.00000261. The van der Waals surface area contributed by atoms with E-state index in [1.165, 1.54) is 12.8 Å². The van der Waals surface area contributed by atoms with Crippen LogP contribution in [0, 0.1) is 0 Å². The third-order valence-electron chi connectivity index (χ3n) is 4.70. The largest absolute Gasteiger partial charge is 0.444 e. The fourth-order valence-electron chi connectivity index (χ4n) is 2.82. The molecule has 148 valence electrons. The van der Waals surface area contributed by atoms with E-state index in [0.717, 1.165) is 36.3 Å². The van der Waals surface area contributed by atoms with Crippen LogP contribution in [-0.2, 0) is 6.54 Å². The maximum Gasteiger partial charge on any atom is 0.226 e. The fourth-order valence-corrected chi connectivity index (χ4v) is 2.82. The number of aromatic nitrogens is 1. The van der Waals surface area contributed by atoms with Gasteiger partial charge in [0.2, 0.25) is 5.89 Å². The second-order valence-corrected chi connectivity index (χ2v) is 6.83. The number of guanidine groups is 1. The minimum Gasteiger partial charge on any atom is -0.444 e. The van der Waals surface area contributed by atoms with Gasteiger partial charge in [-0.3, -0.25) is 4.90 Å². The Morgan fingerprint density at radius 3 is 2.70 bits per heavy atom.